The molecule has 1 rings (SSSR count). The van der Waals surface area contributed by atoms with Gasteiger partial charge in [-0.3, -0.25) is 0 Å². The summed E-state index contributed by atoms with van der Waals surface area (Å²) in [6, 6.07) is 0. The van der Waals surface area contributed by atoms with Crippen molar-refractivity contribution in [1.82, 2.24) is 4.98 Å². The minimum Gasteiger partial charge on any atom is -0.389 e. The van der Waals surface area contributed by atoms with Crippen molar-refractivity contribution in [2.45, 2.75) is 6.10 Å². The van der Waals surface area contributed by atoms with Crippen LogP contribution >= 0.6 is 0 Å². The van der Waals surface area contributed by atoms with Crippen LogP contribution in [-0.2, 0) is 4.74 Å². The van der Waals surface area contributed by atoms with E-state index in [9.17, 15) is 22.7 Å². The summed E-state index contributed by atoms with van der Waals surface area (Å²) >= 11 is 0. The van der Waals surface area contributed by atoms with Crippen LogP contribution in [0.3, 0.4) is 0 Å². The molecule has 0 radical (unpaired) electrons. The van der Waals surface area contributed by atoms with Gasteiger partial charge in [0.1, 0.15) is 5.69 Å². The molecule has 4 nitrogen and oxygen atoms in total. The lowest BCUT2D eigenvalue weighted by atomic mass is 10.3. The highest BCUT2D eigenvalue weighted by atomic mass is 19.2. The Bertz CT molecular complexity index is 405. The predicted octanol–water partition coefficient (Wildman–Crippen LogP) is 1.08. The summed E-state index contributed by atoms with van der Waals surface area (Å²) in [5, 5.41) is 9.39. The number of ether oxygens (including phenoxy) is 1. The summed E-state index contributed by atoms with van der Waals surface area (Å²) in [6.45, 7) is -0.339. The van der Waals surface area contributed by atoms with Crippen LogP contribution in [0.4, 0.5) is 23.2 Å². The Balaban J connectivity index is 3.01. The third kappa shape index (κ3) is 3.08. The first-order valence-electron chi connectivity index (χ1n) is 4.96. The Morgan fingerprint density at radius 2 is 1.72 bits per heavy atom. The SMILES string of the molecule is COCC(O)CN(C)c1c(F)c(F)nc(F)c1F. The fourth-order valence-corrected chi connectivity index (χ4v) is 1.46. The summed E-state index contributed by atoms with van der Waals surface area (Å²) in [7, 11) is 2.51. The molecule has 0 fully saturated rings. The van der Waals surface area contributed by atoms with Gasteiger partial charge in [0.15, 0.2) is 0 Å². The maximum atomic E-state index is 13.3. The van der Waals surface area contributed by atoms with Gasteiger partial charge in [-0.25, -0.2) is 0 Å². The molecule has 0 aromatic carbocycles. The fraction of sp³-hybridized carbons (Fsp3) is 0.500. The number of nitrogens with zero attached hydrogens (tertiary/aromatic N) is 2. The summed E-state index contributed by atoms with van der Waals surface area (Å²) < 4.78 is 57.0. The van der Waals surface area contributed by atoms with E-state index in [2.05, 4.69) is 9.72 Å². The molecule has 0 bridgehead atoms. The van der Waals surface area contributed by atoms with E-state index in [1.54, 1.807) is 0 Å². The normalized spacial score (nSPS) is 12.6. The van der Waals surface area contributed by atoms with Crippen LogP contribution in [0.25, 0.3) is 0 Å². The van der Waals surface area contributed by atoms with Gasteiger partial charge in [-0.05, 0) is 0 Å². The zero-order valence-corrected chi connectivity index (χ0v) is 9.75. The zero-order valence-electron chi connectivity index (χ0n) is 9.75. The van der Waals surface area contributed by atoms with E-state index in [0.29, 0.717) is 0 Å². The van der Waals surface area contributed by atoms with Gasteiger partial charge in [-0.15, -0.1) is 0 Å². The summed E-state index contributed by atoms with van der Waals surface area (Å²) in [6.07, 6.45) is -1.06. The number of methoxy groups -OCH3 is 1. The molecule has 102 valence electrons. The Morgan fingerprint density at radius 1 is 1.22 bits per heavy atom. The lowest BCUT2D eigenvalue weighted by Crippen LogP contribution is -2.33. The maximum absolute atomic E-state index is 13.3. The topological polar surface area (TPSA) is 45.6 Å². The molecule has 0 aliphatic carbocycles. The first kappa shape index (κ1) is 14.7. The highest BCUT2D eigenvalue weighted by molar-refractivity contribution is 5.47. The molecule has 0 saturated carbocycles. The van der Waals surface area contributed by atoms with Crippen molar-refractivity contribution >= 4 is 5.69 Å². The first-order valence-corrected chi connectivity index (χ1v) is 4.96. The minimum atomic E-state index is -1.74. The van der Waals surface area contributed by atoms with Crippen molar-refractivity contribution in [1.29, 1.82) is 0 Å². The number of aliphatic hydroxyl groups is 1. The molecule has 0 saturated heterocycles. The van der Waals surface area contributed by atoms with E-state index < -0.39 is 35.3 Å². The van der Waals surface area contributed by atoms with Gasteiger partial charge in [0.2, 0.25) is 11.6 Å². The van der Waals surface area contributed by atoms with Crippen LogP contribution in [0.1, 0.15) is 0 Å². The minimum absolute atomic E-state index is 0.0797. The average molecular weight is 268 g/mol. The molecule has 1 heterocycles. The summed E-state index contributed by atoms with van der Waals surface area (Å²) in [4.78, 5) is 3.28. The second-order valence-corrected chi connectivity index (χ2v) is 3.66. The number of hydrogen-bond donors (Lipinski definition) is 1. The molecular formula is C10H12F4N2O2. The number of likely N-dealkylation sites (N-methyl/N-ethyl adjacent to an activating group) is 1. The number of halogens is 4. The third-order valence-electron chi connectivity index (χ3n) is 2.20. The van der Waals surface area contributed by atoms with E-state index in [0.717, 1.165) is 4.90 Å². The molecular weight excluding hydrogens is 256 g/mol. The highest BCUT2D eigenvalue weighted by Crippen LogP contribution is 2.25. The van der Waals surface area contributed by atoms with Crippen LogP contribution in [0.5, 0.6) is 0 Å². The second kappa shape index (κ2) is 5.96. The number of rotatable bonds is 5. The number of anilines is 1. The van der Waals surface area contributed by atoms with E-state index in [1.807, 2.05) is 0 Å². The lowest BCUT2D eigenvalue weighted by Gasteiger charge is -2.23. The molecule has 1 unspecified atom stereocenters. The predicted molar refractivity (Wildman–Crippen MR) is 55.2 cm³/mol. The molecule has 0 amide bonds. The van der Waals surface area contributed by atoms with Crippen molar-refractivity contribution < 1.29 is 27.4 Å². The largest absolute Gasteiger partial charge is 0.389 e. The van der Waals surface area contributed by atoms with Gasteiger partial charge in [0.05, 0.1) is 12.7 Å². The molecule has 0 aliphatic rings. The molecule has 0 aliphatic heterocycles. The van der Waals surface area contributed by atoms with E-state index in [1.165, 1.54) is 14.2 Å². The van der Waals surface area contributed by atoms with Crippen molar-refractivity contribution in [3.63, 3.8) is 0 Å². The average Bonchev–Trinajstić information content (AvgIpc) is 2.27. The Morgan fingerprint density at radius 3 is 2.17 bits per heavy atom. The second-order valence-electron chi connectivity index (χ2n) is 3.66. The van der Waals surface area contributed by atoms with Gasteiger partial charge in [-0.2, -0.15) is 22.5 Å². The van der Waals surface area contributed by atoms with E-state index in [-0.39, 0.29) is 13.2 Å². The quantitative estimate of drug-likeness (QED) is 0.641. The van der Waals surface area contributed by atoms with Crippen molar-refractivity contribution in [3.05, 3.63) is 23.5 Å². The lowest BCUT2D eigenvalue weighted by molar-refractivity contribution is 0.0693. The number of aliphatic hydroxyl groups excluding tert-OH is 1. The third-order valence-corrected chi connectivity index (χ3v) is 2.20. The Labute approximate surface area is 101 Å². The Kier molecular flexibility index (Phi) is 4.85. The standard InChI is InChI=1S/C10H12F4N2O2/c1-16(3-5(17)4-18-2)8-6(11)9(13)15-10(14)7(8)12/h5,17H,3-4H2,1-2H3. The molecule has 1 aromatic rings. The van der Waals surface area contributed by atoms with Gasteiger partial charge in [0, 0.05) is 20.7 Å². The first-order chi connectivity index (χ1) is 8.38. The van der Waals surface area contributed by atoms with Crippen molar-refractivity contribution in [2.24, 2.45) is 0 Å². The summed E-state index contributed by atoms with van der Waals surface area (Å²) in [5.41, 5.74) is -0.921. The molecule has 1 N–H and O–H groups in total. The molecule has 18 heavy (non-hydrogen) atoms. The van der Waals surface area contributed by atoms with E-state index in [4.69, 9.17) is 0 Å². The van der Waals surface area contributed by atoms with Crippen LogP contribution in [-0.4, -0.2) is 43.5 Å². The van der Waals surface area contributed by atoms with Crippen LogP contribution in [0.15, 0.2) is 0 Å². The molecule has 8 heteroatoms. The smallest absolute Gasteiger partial charge is 0.253 e. The molecule has 1 aromatic heterocycles. The fourth-order valence-electron chi connectivity index (χ4n) is 1.46. The van der Waals surface area contributed by atoms with Crippen LogP contribution in [0, 0.1) is 23.5 Å². The van der Waals surface area contributed by atoms with Crippen LogP contribution in [0.2, 0.25) is 0 Å². The summed E-state index contributed by atoms with van der Waals surface area (Å²) in [5.74, 6) is -6.70. The van der Waals surface area contributed by atoms with Gasteiger partial charge < -0.3 is 14.7 Å². The van der Waals surface area contributed by atoms with E-state index >= 15 is 0 Å². The number of hydrogen-bond acceptors (Lipinski definition) is 4. The number of aromatic nitrogens is 1. The van der Waals surface area contributed by atoms with Gasteiger partial charge >= 0.3 is 0 Å². The van der Waals surface area contributed by atoms with Crippen LogP contribution < -0.4 is 4.90 Å². The number of pyridine rings is 1. The maximum Gasteiger partial charge on any atom is 0.253 e. The monoisotopic (exact) mass is 268 g/mol. The Hall–Kier alpha value is -1.41. The van der Waals surface area contributed by atoms with Crippen molar-refractivity contribution in [3.8, 4) is 0 Å². The van der Waals surface area contributed by atoms with Gasteiger partial charge in [-0.1, -0.05) is 0 Å². The highest BCUT2D eigenvalue weighted by Gasteiger charge is 2.24. The van der Waals surface area contributed by atoms with Crippen molar-refractivity contribution in [2.75, 3.05) is 32.2 Å². The zero-order chi connectivity index (χ0) is 13.9. The molecule has 1 atom stereocenters. The van der Waals surface area contributed by atoms with Gasteiger partial charge in [0.25, 0.3) is 11.9 Å². The molecule has 0 spiro atoms.